The number of aromatic nitrogens is 3. The largest absolute Gasteiger partial charge is 0.504 e. The van der Waals surface area contributed by atoms with Gasteiger partial charge >= 0.3 is 0 Å². The minimum atomic E-state index is 0.0276. The number of likely N-dealkylation sites (tertiary alicyclic amines) is 1. The fraction of sp³-hybridized carbons (Fsp3) is 0.400. The lowest BCUT2D eigenvalue weighted by atomic mass is 10.2. The van der Waals surface area contributed by atoms with Gasteiger partial charge in [0.1, 0.15) is 11.1 Å². The summed E-state index contributed by atoms with van der Waals surface area (Å²) in [5, 5.41) is 21.4. The van der Waals surface area contributed by atoms with Crippen molar-refractivity contribution in [2.24, 2.45) is 0 Å². The molecule has 3 aromatic rings. The molecule has 0 saturated carbocycles. The number of para-hydroxylation sites is 2. The van der Waals surface area contributed by atoms with Gasteiger partial charge in [0.2, 0.25) is 5.91 Å². The van der Waals surface area contributed by atoms with Crippen molar-refractivity contribution in [3.8, 4) is 17.2 Å². The number of aromatic amines is 1. The first-order chi connectivity index (χ1) is 17.0. The number of phenolic OH excluding ortho intramolecular Hbond substituents is 1. The molecule has 0 bridgehead atoms. The highest BCUT2D eigenvalue weighted by molar-refractivity contribution is 5.93. The predicted octanol–water partition coefficient (Wildman–Crippen LogP) is 2.64. The Hall–Kier alpha value is -3.79. The molecule has 0 spiro atoms. The Morgan fingerprint density at radius 3 is 2.86 bits per heavy atom. The number of nitrogens with zero attached hydrogens (tertiary/aromatic N) is 4. The van der Waals surface area contributed by atoms with Crippen LogP contribution in [0.4, 0.5) is 5.82 Å². The molecule has 10 nitrogen and oxygen atoms in total. The minimum absolute atomic E-state index is 0.0276. The Balaban J connectivity index is 1.31. The summed E-state index contributed by atoms with van der Waals surface area (Å²) in [6.07, 6.45) is 6.67. The molecule has 186 valence electrons. The van der Waals surface area contributed by atoms with Crippen molar-refractivity contribution in [3.63, 3.8) is 0 Å². The number of carbonyl (C=O) groups is 1. The van der Waals surface area contributed by atoms with E-state index in [1.165, 1.54) is 0 Å². The number of carbonyl (C=O) groups excluding carboxylic acids is 1. The third-order valence-electron chi connectivity index (χ3n) is 5.66. The molecule has 10 heteroatoms. The fourth-order valence-corrected chi connectivity index (χ4v) is 3.89. The Morgan fingerprint density at radius 1 is 1.26 bits per heavy atom. The number of pyridine rings is 1. The van der Waals surface area contributed by atoms with E-state index in [2.05, 4.69) is 20.5 Å². The third-order valence-corrected chi connectivity index (χ3v) is 5.66. The van der Waals surface area contributed by atoms with Crippen LogP contribution < -0.4 is 14.8 Å². The summed E-state index contributed by atoms with van der Waals surface area (Å²) >= 11 is 0. The number of hydrogen-bond acceptors (Lipinski definition) is 8. The van der Waals surface area contributed by atoms with Gasteiger partial charge in [-0.1, -0.05) is 18.2 Å². The average Bonchev–Trinajstić information content (AvgIpc) is 3.48. The summed E-state index contributed by atoms with van der Waals surface area (Å²) in [5.41, 5.74) is 0.632. The number of amides is 1. The highest BCUT2D eigenvalue weighted by Crippen LogP contribution is 2.30. The third kappa shape index (κ3) is 6.42. The maximum Gasteiger partial charge on any atom is 0.246 e. The molecule has 0 radical (unpaired) electrons. The van der Waals surface area contributed by atoms with Gasteiger partial charge in [-0.05, 0) is 38.7 Å². The van der Waals surface area contributed by atoms with Crippen LogP contribution in [0.15, 0.2) is 48.7 Å². The second-order valence-electron chi connectivity index (χ2n) is 8.70. The van der Waals surface area contributed by atoms with Crippen molar-refractivity contribution in [1.82, 2.24) is 25.0 Å². The van der Waals surface area contributed by atoms with Crippen LogP contribution in [0.1, 0.15) is 12.8 Å². The summed E-state index contributed by atoms with van der Waals surface area (Å²) in [7, 11) is 3.94. The van der Waals surface area contributed by atoms with E-state index in [1.807, 2.05) is 42.1 Å². The molecule has 2 aromatic heterocycles. The highest BCUT2D eigenvalue weighted by Gasteiger charge is 2.26. The molecular weight excluding hydrogens is 448 g/mol. The molecule has 1 aliphatic heterocycles. The van der Waals surface area contributed by atoms with E-state index in [9.17, 15) is 9.90 Å². The SMILES string of the molecule is CN(C)CC=CC(=O)N1CC[C@@H](Nc2n[nH]c3nccc(OCCCOc4ccccc4O)c23)C1. The zero-order valence-corrected chi connectivity index (χ0v) is 20.1. The average molecular weight is 481 g/mol. The molecular formula is C25H32N6O4. The highest BCUT2D eigenvalue weighted by atomic mass is 16.5. The van der Waals surface area contributed by atoms with Crippen LogP contribution in [0.3, 0.4) is 0 Å². The number of aromatic hydroxyl groups is 1. The van der Waals surface area contributed by atoms with Crippen LogP contribution in [0.5, 0.6) is 17.2 Å². The molecule has 1 aromatic carbocycles. The molecule has 35 heavy (non-hydrogen) atoms. The van der Waals surface area contributed by atoms with E-state index in [4.69, 9.17) is 9.47 Å². The quantitative estimate of drug-likeness (QED) is 0.283. The lowest BCUT2D eigenvalue weighted by Gasteiger charge is -2.16. The van der Waals surface area contributed by atoms with Crippen LogP contribution in [0.25, 0.3) is 11.0 Å². The zero-order valence-electron chi connectivity index (χ0n) is 20.1. The van der Waals surface area contributed by atoms with E-state index in [0.717, 1.165) is 18.4 Å². The zero-order chi connectivity index (χ0) is 24.6. The molecule has 1 atom stereocenters. The standard InChI is InChI=1S/C25H32N6O4/c1-30(2)13-5-9-22(33)31-14-11-18(17-31)27-25-23-21(10-12-26-24(23)28-29-25)35-16-6-15-34-20-8-4-3-7-19(20)32/h3-5,7-10,12,18,32H,6,11,13-17H2,1-2H3,(H2,26,27,28,29)/t18-/m1/s1. The number of H-pyrrole nitrogens is 1. The number of phenols is 1. The Kier molecular flexibility index (Phi) is 8.04. The molecule has 1 amide bonds. The summed E-state index contributed by atoms with van der Waals surface area (Å²) in [4.78, 5) is 20.6. The Morgan fingerprint density at radius 2 is 2.06 bits per heavy atom. The number of benzene rings is 1. The maximum atomic E-state index is 12.4. The van der Waals surface area contributed by atoms with Gasteiger partial charge in [0.15, 0.2) is 23.0 Å². The van der Waals surface area contributed by atoms with Gasteiger partial charge < -0.3 is 29.7 Å². The molecule has 0 unspecified atom stereocenters. The normalized spacial score (nSPS) is 15.9. The van der Waals surface area contributed by atoms with Crippen LogP contribution in [-0.2, 0) is 4.79 Å². The first-order valence-corrected chi connectivity index (χ1v) is 11.7. The van der Waals surface area contributed by atoms with Gasteiger partial charge in [-0.3, -0.25) is 9.89 Å². The Labute approximate surface area is 204 Å². The van der Waals surface area contributed by atoms with Crippen LogP contribution in [-0.4, -0.2) is 89.0 Å². The topological polar surface area (TPSA) is 116 Å². The van der Waals surface area contributed by atoms with Gasteiger partial charge in [-0.25, -0.2) is 4.98 Å². The Bertz CT molecular complexity index is 1160. The number of ether oxygens (including phenoxy) is 2. The molecule has 1 fully saturated rings. The van der Waals surface area contributed by atoms with Gasteiger partial charge in [-0.15, -0.1) is 0 Å². The maximum absolute atomic E-state index is 12.4. The van der Waals surface area contributed by atoms with E-state index < -0.39 is 0 Å². The number of fused-ring (bicyclic) bond motifs is 1. The number of likely N-dealkylation sites (N-methyl/N-ethyl adjacent to an activating group) is 1. The fourth-order valence-electron chi connectivity index (χ4n) is 3.89. The molecule has 1 saturated heterocycles. The van der Waals surface area contributed by atoms with E-state index in [0.29, 0.717) is 55.7 Å². The molecule has 3 heterocycles. The monoisotopic (exact) mass is 480 g/mol. The summed E-state index contributed by atoms with van der Waals surface area (Å²) in [6, 6.07) is 8.79. The predicted molar refractivity (Wildman–Crippen MR) is 134 cm³/mol. The summed E-state index contributed by atoms with van der Waals surface area (Å²) in [6.45, 7) is 2.89. The number of hydrogen-bond donors (Lipinski definition) is 3. The van der Waals surface area contributed by atoms with Crippen LogP contribution in [0, 0.1) is 0 Å². The van der Waals surface area contributed by atoms with Crippen molar-refractivity contribution in [2.45, 2.75) is 18.9 Å². The van der Waals surface area contributed by atoms with Crippen molar-refractivity contribution in [3.05, 3.63) is 48.7 Å². The molecule has 0 aliphatic carbocycles. The van der Waals surface area contributed by atoms with Crippen molar-refractivity contribution < 1.29 is 19.4 Å². The first-order valence-electron chi connectivity index (χ1n) is 11.7. The lowest BCUT2D eigenvalue weighted by molar-refractivity contribution is -0.125. The van der Waals surface area contributed by atoms with Gasteiger partial charge in [0.05, 0.1) is 13.2 Å². The van der Waals surface area contributed by atoms with Gasteiger partial charge in [-0.2, -0.15) is 5.10 Å². The summed E-state index contributed by atoms with van der Waals surface area (Å²) < 4.78 is 11.6. The van der Waals surface area contributed by atoms with E-state index in [-0.39, 0.29) is 17.7 Å². The lowest BCUT2D eigenvalue weighted by Crippen LogP contribution is -2.30. The van der Waals surface area contributed by atoms with E-state index in [1.54, 1.807) is 30.5 Å². The molecule has 1 aliphatic rings. The number of rotatable bonds is 11. The second-order valence-corrected chi connectivity index (χ2v) is 8.70. The smallest absolute Gasteiger partial charge is 0.246 e. The molecule has 3 N–H and O–H groups in total. The molecule has 4 rings (SSSR count). The van der Waals surface area contributed by atoms with Crippen molar-refractivity contribution in [2.75, 3.05) is 52.3 Å². The van der Waals surface area contributed by atoms with Crippen molar-refractivity contribution in [1.29, 1.82) is 0 Å². The van der Waals surface area contributed by atoms with E-state index >= 15 is 0 Å². The number of nitrogens with one attached hydrogen (secondary N) is 2. The first kappa shape index (κ1) is 24.3. The van der Waals surface area contributed by atoms with Crippen molar-refractivity contribution >= 4 is 22.8 Å². The van der Waals surface area contributed by atoms with Crippen LogP contribution >= 0.6 is 0 Å². The minimum Gasteiger partial charge on any atom is -0.504 e. The number of anilines is 1. The van der Waals surface area contributed by atoms with Gasteiger partial charge in [0, 0.05) is 44.4 Å². The van der Waals surface area contributed by atoms with Gasteiger partial charge in [0.25, 0.3) is 0 Å². The summed E-state index contributed by atoms with van der Waals surface area (Å²) in [5.74, 6) is 1.94. The second kappa shape index (κ2) is 11.6. The van der Waals surface area contributed by atoms with Crippen LogP contribution in [0.2, 0.25) is 0 Å².